The lowest BCUT2D eigenvalue weighted by Gasteiger charge is -2.41. The Labute approximate surface area is 109 Å². The largest absolute Gasteiger partial charge is 0.332 e. The first-order valence-electron chi connectivity index (χ1n) is 6.65. The second-order valence-electron chi connectivity index (χ2n) is 5.66. The second-order valence-corrected chi connectivity index (χ2v) is 5.66. The van der Waals surface area contributed by atoms with Crippen LogP contribution in [0.25, 0.3) is 0 Å². The molecule has 0 radical (unpaired) electrons. The van der Waals surface area contributed by atoms with E-state index < -0.39 is 0 Å². The van der Waals surface area contributed by atoms with E-state index in [1.807, 2.05) is 11.8 Å². The summed E-state index contributed by atoms with van der Waals surface area (Å²) in [5.74, 6) is 0.417. The Bertz CT molecular complexity index is 494. The van der Waals surface area contributed by atoms with Gasteiger partial charge in [0.2, 0.25) is 0 Å². The molecule has 0 aromatic carbocycles. The number of hydrogen-bond acceptors (Lipinski definition) is 2. The number of fused-ring (bicyclic) bond motifs is 1. The third-order valence-electron chi connectivity index (χ3n) is 4.14. The SMILES string of the molecule is Cc1cc2c(nc1C)C(=O)N(C(C)C)C(C)C2C. The van der Waals surface area contributed by atoms with Crippen LogP contribution in [0.4, 0.5) is 0 Å². The Hall–Kier alpha value is -1.38. The highest BCUT2D eigenvalue weighted by atomic mass is 16.2. The van der Waals surface area contributed by atoms with Crippen LogP contribution in [0.15, 0.2) is 6.07 Å². The van der Waals surface area contributed by atoms with Crippen molar-refractivity contribution in [3.8, 4) is 0 Å². The summed E-state index contributed by atoms with van der Waals surface area (Å²) in [6.07, 6.45) is 0. The minimum atomic E-state index is 0.0775. The van der Waals surface area contributed by atoms with Crippen molar-refractivity contribution in [1.82, 2.24) is 9.88 Å². The maximum atomic E-state index is 12.5. The number of rotatable bonds is 1. The number of hydrogen-bond donors (Lipinski definition) is 0. The lowest BCUT2D eigenvalue weighted by Crippen LogP contribution is -2.49. The summed E-state index contributed by atoms with van der Waals surface area (Å²) in [4.78, 5) is 19.0. The molecule has 2 heterocycles. The summed E-state index contributed by atoms with van der Waals surface area (Å²) in [5.41, 5.74) is 3.87. The lowest BCUT2D eigenvalue weighted by atomic mass is 9.86. The van der Waals surface area contributed by atoms with E-state index in [4.69, 9.17) is 0 Å². The molecule has 0 fully saturated rings. The van der Waals surface area contributed by atoms with Gasteiger partial charge in [0.15, 0.2) is 0 Å². The highest BCUT2D eigenvalue weighted by Gasteiger charge is 2.37. The van der Waals surface area contributed by atoms with Crippen LogP contribution in [-0.2, 0) is 0 Å². The van der Waals surface area contributed by atoms with E-state index in [2.05, 4.69) is 45.7 Å². The molecule has 0 aliphatic carbocycles. The fourth-order valence-corrected chi connectivity index (χ4v) is 2.76. The molecule has 0 spiro atoms. The molecule has 1 aromatic rings. The van der Waals surface area contributed by atoms with Crippen LogP contribution in [0.5, 0.6) is 0 Å². The molecule has 0 bridgehead atoms. The molecule has 1 amide bonds. The molecular formula is C15H22N2O. The van der Waals surface area contributed by atoms with Crippen molar-refractivity contribution in [3.63, 3.8) is 0 Å². The minimum Gasteiger partial charge on any atom is -0.332 e. The highest BCUT2D eigenvalue weighted by molar-refractivity contribution is 5.95. The molecular weight excluding hydrogens is 224 g/mol. The summed E-state index contributed by atoms with van der Waals surface area (Å²) < 4.78 is 0. The van der Waals surface area contributed by atoms with E-state index >= 15 is 0 Å². The van der Waals surface area contributed by atoms with E-state index in [0.29, 0.717) is 11.6 Å². The van der Waals surface area contributed by atoms with E-state index in [0.717, 1.165) is 11.3 Å². The maximum Gasteiger partial charge on any atom is 0.273 e. The monoisotopic (exact) mass is 246 g/mol. The van der Waals surface area contributed by atoms with Crippen LogP contribution in [0, 0.1) is 13.8 Å². The summed E-state index contributed by atoms with van der Waals surface area (Å²) in [7, 11) is 0. The topological polar surface area (TPSA) is 33.2 Å². The molecule has 0 saturated carbocycles. The zero-order valence-corrected chi connectivity index (χ0v) is 12.1. The van der Waals surface area contributed by atoms with Crippen molar-refractivity contribution in [2.24, 2.45) is 0 Å². The van der Waals surface area contributed by atoms with Gasteiger partial charge in [0, 0.05) is 23.7 Å². The normalized spacial score (nSPS) is 23.5. The Morgan fingerprint density at radius 3 is 2.44 bits per heavy atom. The van der Waals surface area contributed by atoms with Gasteiger partial charge in [-0.3, -0.25) is 4.79 Å². The summed E-state index contributed by atoms with van der Waals surface area (Å²) in [6.45, 7) is 12.5. The molecule has 2 rings (SSSR count). The third kappa shape index (κ3) is 1.82. The predicted molar refractivity (Wildman–Crippen MR) is 72.9 cm³/mol. The molecule has 3 nitrogen and oxygen atoms in total. The molecule has 1 aromatic heterocycles. The summed E-state index contributed by atoms with van der Waals surface area (Å²) in [5, 5.41) is 0. The van der Waals surface area contributed by atoms with Crippen LogP contribution >= 0.6 is 0 Å². The summed E-state index contributed by atoms with van der Waals surface area (Å²) >= 11 is 0. The van der Waals surface area contributed by atoms with Crippen molar-refractivity contribution < 1.29 is 4.79 Å². The van der Waals surface area contributed by atoms with E-state index in [1.54, 1.807) is 0 Å². The van der Waals surface area contributed by atoms with Crippen LogP contribution in [0.1, 0.15) is 60.9 Å². The van der Waals surface area contributed by atoms with Crippen molar-refractivity contribution in [1.29, 1.82) is 0 Å². The quantitative estimate of drug-likeness (QED) is 0.763. The first-order chi connectivity index (χ1) is 8.34. The van der Waals surface area contributed by atoms with Crippen LogP contribution in [0.2, 0.25) is 0 Å². The third-order valence-corrected chi connectivity index (χ3v) is 4.14. The molecule has 0 N–H and O–H groups in total. The molecule has 18 heavy (non-hydrogen) atoms. The first-order valence-corrected chi connectivity index (χ1v) is 6.65. The van der Waals surface area contributed by atoms with E-state index in [1.165, 1.54) is 5.56 Å². The van der Waals surface area contributed by atoms with Crippen LogP contribution < -0.4 is 0 Å². The maximum absolute atomic E-state index is 12.5. The smallest absolute Gasteiger partial charge is 0.273 e. The number of aryl methyl sites for hydroxylation is 2. The van der Waals surface area contributed by atoms with Crippen molar-refractivity contribution in [2.75, 3.05) is 0 Å². The van der Waals surface area contributed by atoms with Gasteiger partial charge in [-0.1, -0.05) is 13.0 Å². The van der Waals surface area contributed by atoms with Gasteiger partial charge >= 0.3 is 0 Å². The average molecular weight is 246 g/mol. The molecule has 98 valence electrons. The Kier molecular flexibility index (Phi) is 3.18. The van der Waals surface area contributed by atoms with Crippen LogP contribution in [0.3, 0.4) is 0 Å². The summed E-state index contributed by atoms with van der Waals surface area (Å²) in [6, 6.07) is 2.58. The van der Waals surface area contributed by atoms with Crippen LogP contribution in [-0.4, -0.2) is 27.9 Å². The molecule has 1 aliphatic rings. The number of amides is 1. The van der Waals surface area contributed by atoms with Gasteiger partial charge < -0.3 is 4.90 Å². The van der Waals surface area contributed by atoms with Crippen molar-refractivity contribution >= 4 is 5.91 Å². The van der Waals surface area contributed by atoms with E-state index in [-0.39, 0.29) is 18.0 Å². The molecule has 2 atom stereocenters. The van der Waals surface area contributed by atoms with Gasteiger partial charge in [-0.05, 0) is 45.7 Å². The highest BCUT2D eigenvalue weighted by Crippen LogP contribution is 2.34. The molecule has 0 saturated heterocycles. The van der Waals surface area contributed by atoms with Gasteiger partial charge in [0.1, 0.15) is 5.69 Å². The zero-order valence-electron chi connectivity index (χ0n) is 12.1. The average Bonchev–Trinajstić information content (AvgIpc) is 2.29. The number of carbonyl (C=O) groups excluding carboxylic acids is 1. The Morgan fingerprint density at radius 2 is 1.89 bits per heavy atom. The number of pyridine rings is 1. The Balaban J connectivity index is 2.60. The number of nitrogens with zero attached hydrogens (tertiary/aromatic N) is 2. The minimum absolute atomic E-state index is 0.0775. The van der Waals surface area contributed by atoms with E-state index in [9.17, 15) is 4.79 Å². The number of carbonyl (C=O) groups is 1. The zero-order chi connectivity index (χ0) is 13.6. The first kappa shape index (κ1) is 13.1. The lowest BCUT2D eigenvalue weighted by molar-refractivity contribution is 0.0555. The fraction of sp³-hybridized carbons (Fsp3) is 0.600. The van der Waals surface area contributed by atoms with Crippen molar-refractivity contribution in [3.05, 3.63) is 28.6 Å². The standard InChI is InChI=1S/C15H22N2O/c1-8(2)17-12(6)10(4)13-7-9(3)11(5)16-14(13)15(17)18/h7-8,10,12H,1-6H3. The molecule has 2 unspecified atom stereocenters. The number of aromatic nitrogens is 1. The van der Waals surface area contributed by atoms with Gasteiger partial charge in [-0.15, -0.1) is 0 Å². The van der Waals surface area contributed by atoms with Gasteiger partial charge in [-0.25, -0.2) is 4.98 Å². The molecule has 3 heteroatoms. The molecule has 1 aliphatic heterocycles. The Morgan fingerprint density at radius 1 is 1.28 bits per heavy atom. The fourth-order valence-electron chi connectivity index (χ4n) is 2.76. The predicted octanol–water partition coefficient (Wildman–Crippen LogP) is 3.05. The van der Waals surface area contributed by atoms with Crippen molar-refractivity contribution in [2.45, 2.75) is 59.5 Å². The van der Waals surface area contributed by atoms with Gasteiger partial charge in [0.05, 0.1) is 0 Å². The van der Waals surface area contributed by atoms with Gasteiger partial charge in [0.25, 0.3) is 5.91 Å². The second kappa shape index (κ2) is 4.38. The van der Waals surface area contributed by atoms with Gasteiger partial charge in [-0.2, -0.15) is 0 Å².